The molecule has 128 valence electrons. The summed E-state index contributed by atoms with van der Waals surface area (Å²) in [5.74, 6) is 0.630. The van der Waals surface area contributed by atoms with Gasteiger partial charge >= 0.3 is 0 Å². The van der Waals surface area contributed by atoms with Crippen molar-refractivity contribution in [2.24, 2.45) is 0 Å². The third-order valence-corrected chi connectivity index (χ3v) is 4.40. The summed E-state index contributed by atoms with van der Waals surface area (Å²) < 4.78 is 0. The quantitative estimate of drug-likeness (QED) is 0.580. The van der Waals surface area contributed by atoms with Crippen LogP contribution in [0.5, 0.6) is 0 Å². The molecule has 0 bridgehead atoms. The first kappa shape index (κ1) is 16.2. The number of benzene rings is 3. The van der Waals surface area contributed by atoms with E-state index in [9.17, 15) is 4.79 Å². The van der Waals surface area contributed by atoms with Gasteiger partial charge in [-0.2, -0.15) is 0 Å². The SMILES string of the molecule is O=c1[nH]c(CNC(c2ccccc2)c2ccccc2)nc2ccccc12. The minimum atomic E-state index is -0.108. The molecule has 1 aromatic heterocycles. The van der Waals surface area contributed by atoms with Gasteiger partial charge in [-0.3, -0.25) is 10.1 Å². The lowest BCUT2D eigenvalue weighted by Gasteiger charge is -2.19. The number of hydrogen-bond donors (Lipinski definition) is 2. The van der Waals surface area contributed by atoms with Gasteiger partial charge in [-0.05, 0) is 23.3 Å². The number of para-hydroxylation sites is 1. The van der Waals surface area contributed by atoms with Gasteiger partial charge in [-0.1, -0.05) is 72.8 Å². The monoisotopic (exact) mass is 341 g/mol. The summed E-state index contributed by atoms with van der Waals surface area (Å²) >= 11 is 0. The zero-order valence-corrected chi connectivity index (χ0v) is 14.2. The predicted octanol–water partition coefficient (Wildman–Crippen LogP) is 3.80. The number of nitrogens with zero attached hydrogens (tertiary/aromatic N) is 1. The Morgan fingerprint density at radius 1 is 0.808 bits per heavy atom. The third-order valence-electron chi connectivity index (χ3n) is 4.40. The van der Waals surface area contributed by atoms with Crippen LogP contribution in [0.4, 0.5) is 0 Å². The van der Waals surface area contributed by atoms with E-state index in [0.29, 0.717) is 23.3 Å². The largest absolute Gasteiger partial charge is 0.309 e. The van der Waals surface area contributed by atoms with Crippen LogP contribution in [0.3, 0.4) is 0 Å². The molecule has 4 rings (SSSR count). The smallest absolute Gasteiger partial charge is 0.258 e. The second-order valence-corrected chi connectivity index (χ2v) is 6.17. The first-order chi connectivity index (χ1) is 12.8. The van der Waals surface area contributed by atoms with Crippen LogP contribution in [-0.2, 0) is 6.54 Å². The molecule has 0 atom stereocenters. The molecule has 2 N–H and O–H groups in total. The van der Waals surface area contributed by atoms with Crippen LogP contribution in [0.15, 0.2) is 89.7 Å². The standard InChI is InChI=1S/C22H19N3O/c26-22-18-13-7-8-14-19(18)24-20(25-22)15-23-21(16-9-3-1-4-10-16)17-11-5-2-6-12-17/h1-14,21,23H,15H2,(H,24,25,26). The van der Waals surface area contributed by atoms with Crippen molar-refractivity contribution >= 4 is 10.9 Å². The Morgan fingerprint density at radius 3 is 2.04 bits per heavy atom. The van der Waals surface area contributed by atoms with Gasteiger partial charge in [0.05, 0.1) is 23.5 Å². The van der Waals surface area contributed by atoms with Gasteiger partial charge in [0.2, 0.25) is 0 Å². The van der Waals surface area contributed by atoms with Crippen molar-refractivity contribution in [1.29, 1.82) is 0 Å². The summed E-state index contributed by atoms with van der Waals surface area (Å²) in [7, 11) is 0. The van der Waals surface area contributed by atoms with Crippen molar-refractivity contribution in [3.8, 4) is 0 Å². The topological polar surface area (TPSA) is 57.8 Å². The molecule has 4 aromatic rings. The number of aromatic nitrogens is 2. The summed E-state index contributed by atoms with van der Waals surface area (Å²) in [6.07, 6.45) is 0. The Hall–Kier alpha value is -3.24. The predicted molar refractivity (Wildman–Crippen MR) is 104 cm³/mol. The summed E-state index contributed by atoms with van der Waals surface area (Å²) in [4.78, 5) is 19.7. The van der Waals surface area contributed by atoms with E-state index in [2.05, 4.69) is 39.6 Å². The van der Waals surface area contributed by atoms with Crippen molar-refractivity contribution < 1.29 is 0 Å². The second-order valence-electron chi connectivity index (χ2n) is 6.17. The van der Waals surface area contributed by atoms with Crippen molar-refractivity contribution in [2.45, 2.75) is 12.6 Å². The van der Waals surface area contributed by atoms with Gasteiger partial charge in [-0.25, -0.2) is 4.98 Å². The number of aromatic amines is 1. The average Bonchev–Trinajstić information content (AvgIpc) is 2.70. The van der Waals surface area contributed by atoms with E-state index in [1.165, 1.54) is 11.1 Å². The van der Waals surface area contributed by atoms with Crippen LogP contribution >= 0.6 is 0 Å². The number of H-pyrrole nitrogens is 1. The second kappa shape index (κ2) is 7.33. The molecule has 0 radical (unpaired) electrons. The van der Waals surface area contributed by atoms with E-state index in [-0.39, 0.29) is 11.6 Å². The summed E-state index contributed by atoms with van der Waals surface area (Å²) in [6, 6.07) is 27.9. The van der Waals surface area contributed by atoms with Crippen molar-refractivity contribution in [2.75, 3.05) is 0 Å². The lowest BCUT2D eigenvalue weighted by atomic mass is 9.99. The fourth-order valence-corrected chi connectivity index (χ4v) is 3.14. The van der Waals surface area contributed by atoms with Crippen molar-refractivity contribution in [3.63, 3.8) is 0 Å². The van der Waals surface area contributed by atoms with Gasteiger partial charge in [0.25, 0.3) is 5.56 Å². The van der Waals surface area contributed by atoms with Gasteiger partial charge in [0, 0.05) is 0 Å². The fraction of sp³-hybridized carbons (Fsp3) is 0.0909. The molecule has 0 unspecified atom stereocenters. The average molecular weight is 341 g/mol. The number of fused-ring (bicyclic) bond motifs is 1. The Balaban J connectivity index is 1.64. The highest BCUT2D eigenvalue weighted by molar-refractivity contribution is 5.77. The summed E-state index contributed by atoms with van der Waals surface area (Å²) in [6.45, 7) is 0.467. The lowest BCUT2D eigenvalue weighted by molar-refractivity contribution is 0.587. The maximum Gasteiger partial charge on any atom is 0.258 e. The minimum absolute atomic E-state index is 0.0224. The summed E-state index contributed by atoms with van der Waals surface area (Å²) in [5.41, 5.74) is 2.94. The zero-order chi connectivity index (χ0) is 17.8. The molecular formula is C22H19N3O. The summed E-state index contributed by atoms with van der Waals surface area (Å²) in [5, 5.41) is 4.14. The molecule has 0 aliphatic heterocycles. The molecule has 0 aliphatic rings. The molecule has 0 saturated heterocycles. The third kappa shape index (κ3) is 3.41. The van der Waals surface area contributed by atoms with Gasteiger partial charge in [0.1, 0.15) is 5.82 Å². The molecule has 1 heterocycles. The molecule has 0 saturated carbocycles. The lowest BCUT2D eigenvalue weighted by Crippen LogP contribution is -2.24. The maximum absolute atomic E-state index is 12.3. The Bertz CT molecular complexity index is 1020. The highest BCUT2D eigenvalue weighted by Crippen LogP contribution is 2.22. The zero-order valence-electron chi connectivity index (χ0n) is 14.2. The Kier molecular flexibility index (Phi) is 4.58. The number of rotatable bonds is 5. The van der Waals surface area contributed by atoms with Crippen molar-refractivity contribution in [3.05, 3.63) is 112 Å². The first-order valence-electron chi connectivity index (χ1n) is 8.62. The van der Waals surface area contributed by atoms with Crippen LogP contribution < -0.4 is 10.9 Å². The molecular weight excluding hydrogens is 322 g/mol. The van der Waals surface area contributed by atoms with Crippen LogP contribution in [0, 0.1) is 0 Å². The molecule has 0 fully saturated rings. The minimum Gasteiger partial charge on any atom is -0.309 e. The van der Waals surface area contributed by atoms with Gasteiger partial charge in [-0.15, -0.1) is 0 Å². The number of nitrogens with one attached hydrogen (secondary N) is 2. The van der Waals surface area contributed by atoms with Crippen LogP contribution in [0.25, 0.3) is 10.9 Å². The van der Waals surface area contributed by atoms with E-state index < -0.39 is 0 Å². The molecule has 4 heteroatoms. The van der Waals surface area contributed by atoms with Crippen LogP contribution in [0.2, 0.25) is 0 Å². The highest BCUT2D eigenvalue weighted by atomic mass is 16.1. The van der Waals surface area contributed by atoms with E-state index in [4.69, 9.17) is 0 Å². The van der Waals surface area contributed by atoms with Crippen LogP contribution in [0.1, 0.15) is 23.0 Å². The molecule has 0 amide bonds. The van der Waals surface area contributed by atoms with E-state index in [0.717, 1.165) is 0 Å². The molecule has 26 heavy (non-hydrogen) atoms. The van der Waals surface area contributed by atoms with Crippen LogP contribution in [-0.4, -0.2) is 9.97 Å². The Morgan fingerprint density at radius 2 is 1.38 bits per heavy atom. The number of hydrogen-bond acceptors (Lipinski definition) is 3. The van der Waals surface area contributed by atoms with Crippen molar-refractivity contribution in [1.82, 2.24) is 15.3 Å². The van der Waals surface area contributed by atoms with E-state index in [1.54, 1.807) is 6.07 Å². The fourth-order valence-electron chi connectivity index (χ4n) is 3.14. The van der Waals surface area contributed by atoms with E-state index >= 15 is 0 Å². The molecule has 3 aromatic carbocycles. The first-order valence-corrected chi connectivity index (χ1v) is 8.62. The maximum atomic E-state index is 12.3. The molecule has 0 spiro atoms. The van der Waals surface area contributed by atoms with E-state index in [1.807, 2.05) is 54.6 Å². The molecule has 0 aliphatic carbocycles. The molecule has 4 nitrogen and oxygen atoms in total. The van der Waals surface area contributed by atoms with Gasteiger partial charge in [0.15, 0.2) is 0 Å². The van der Waals surface area contributed by atoms with Gasteiger partial charge < -0.3 is 4.98 Å². The Labute approximate surface area is 151 Å². The normalized spacial score (nSPS) is 11.1. The highest BCUT2D eigenvalue weighted by Gasteiger charge is 2.14.